The van der Waals surface area contributed by atoms with Crippen LogP contribution in [0.4, 0.5) is 5.69 Å². The molecule has 0 atom stereocenters. The van der Waals surface area contributed by atoms with Crippen molar-refractivity contribution < 1.29 is 40.7 Å². The van der Waals surface area contributed by atoms with Gasteiger partial charge in [0.05, 0.1) is 30.9 Å². The number of rotatable bonds is 7. The Kier molecular flexibility index (Phi) is 7.38. The number of carbonyl (C=O) groups excluding carboxylic acids is 1. The molecule has 0 amide bonds. The van der Waals surface area contributed by atoms with Crippen LogP contribution in [0.5, 0.6) is 11.5 Å². The fraction of sp³-hybridized carbons (Fsp3) is 0.150. The monoisotopic (exact) mass is 459 g/mol. The zero-order valence-electron chi connectivity index (χ0n) is 15.7. The summed E-state index contributed by atoms with van der Waals surface area (Å²) in [5.74, 6) is 0.843. The molecule has 0 unspecified atom stereocenters. The maximum Gasteiger partial charge on any atom is 0.287 e. The number of nitro groups is 1. The van der Waals surface area contributed by atoms with E-state index in [4.69, 9.17) is 9.47 Å². The number of ether oxygens (including phenoxy) is 2. The van der Waals surface area contributed by atoms with Gasteiger partial charge in [0.15, 0.2) is 23.7 Å². The summed E-state index contributed by atoms with van der Waals surface area (Å²) in [6.07, 6.45) is 3.21. The number of ketones is 1. The Hall–Kier alpha value is -3.33. The summed E-state index contributed by atoms with van der Waals surface area (Å²) < 4.78 is 12.1. The minimum atomic E-state index is -0.559. The number of benzene rings is 2. The molecule has 0 fully saturated rings. The van der Waals surface area contributed by atoms with Crippen molar-refractivity contribution in [3.63, 3.8) is 0 Å². The van der Waals surface area contributed by atoms with Crippen molar-refractivity contribution in [2.75, 3.05) is 14.2 Å². The fourth-order valence-electron chi connectivity index (χ4n) is 2.76. The van der Waals surface area contributed by atoms with Gasteiger partial charge in [-0.3, -0.25) is 14.9 Å². The molecule has 1 aromatic heterocycles. The van der Waals surface area contributed by atoms with Gasteiger partial charge in [-0.2, -0.15) is 0 Å². The van der Waals surface area contributed by atoms with E-state index in [-0.39, 0.29) is 40.6 Å². The van der Waals surface area contributed by atoms with E-state index in [0.717, 1.165) is 5.56 Å². The predicted molar refractivity (Wildman–Crippen MR) is 100 cm³/mol. The number of hydrogen-bond donors (Lipinski definition) is 0. The summed E-state index contributed by atoms with van der Waals surface area (Å²) in [4.78, 5) is 27.4. The first-order valence-electron chi connectivity index (χ1n) is 8.37. The summed E-state index contributed by atoms with van der Waals surface area (Å²) in [6, 6.07) is 13.1. The molecule has 0 radical (unpaired) electrons. The van der Waals surface area contributed by atoms with Crippen molar-refractivity contribution in [1.82, 2.24) is 4.98 Å². The highest BCUT2D eigenvalue weighted by Gasteiger charge is 2.21. The highest BCUT2D eigenvalue weighted by Crippen LogP contribution is 2.31. The van der Waals surface area contributed by atoms with Crippen LogP contribution in [-0.4, -0.2) is 29.9 Å². The summed E-state index contributed by atoms with van der Waals surface area (Å²) in [5.41, 5.74) is 1.39. The van der Waals surface area contributed by atoms with Crippen LogP contribution in [0.25, 0.3) is 11.3 Å². The van der Waals surface area contributed by atoms with Crippen LogP contribution in [0.2, 0.25) is 0 Å². The number of nitrogens with zero attached hydrogens (tertiary/aromatic N) is 3. The topological polar surface area (TPSA) is 95.4 Å². The Morgan fingerprint density at radius 1 is 1.10 bits per heavy atom. The highest BCUT2D eigenvalue weighted by molar-refractivity contribution is 5.98. The zero-order chi connectivity index (χ0) is 20.1. The maximum atomic E-state index is 12.5. The molecule has 29 heavy (non-hydrogen) atoms. The van der Waals surface area contributed by atoms with Crippen LogP contribution in [-0.2, 0) is 6.54 Å². The number of nitro benzene ring substituents is 1. The van der Waals surface area contributed by atoms with Crippen molar-refractivity contribution in [1.29, 1.82) is 0 Å². The van der Waals surface area contributed by atoms with Crippen LogP contribution in [0.3, 0.4) is 0 Å². The van der Waals surface area contributed by atoms with Crippen LogP contribution < -0.4 is 31.0 Å². The molecule has 8 nitrogen and oxygen atoms in total. The second-order valence-electron chi connectivity index (χ2n) is 5.89. The lowest BCUT2D eigenvalue weighted by Gasteiger charge is -2.08. The number of para-hydroxylation sites is 1. The van der Waals surface area contributed by atoms with Gasteiger partial charge in [-0.05, 0) is 29.2 Å². The minimum Gasteiger partial charge on any atom is -1.00 e. The van der Waals surface area contributed by atoms with Gasteiger partial charge in [0.1, 0.15) is 0 Å². The van der Waals surface area contributed by atoms with Gasteiger partial charge >= 0.3 is 0 Å². The molecule has 0 aliphatic heterocycles. The molecule has 2 aromatic carbocycles. The molecule has 0 aliphatic carbocycles. The zero-order valence-corrected chi connectivity index (χ0v) is 17.3. The van der Waals surface area contributed by atoms with Crippen LogP contribution in [0.1, 0.15) is 10.4 Å². The molecule has 0 bridgehead atoms. The van der Waals surface area contributed by atoms with Gasteiger partial charge in [-0.15, -0.1) is 0 Å². The smallest absolute Gasteiger partial charge is 0.287 e. The predicted octanol–water partition coefficient (Wildman–Crippen LogP) is -0.152. The van der Waals surface area contributed by atoms with Crippen molar-refractivity contribution in [2.45, 2.75) is 6.54 Å². The van der Waals surface area contributed by atoms with Gasteiger partial charge in [-0.25, -0.2) is 4.57 Å². The first kappa shape index (κ1) is 22.0. The SMILES string of the molecule is COc1ccc(-c2cc[n+](CC(=O)c3ccccc3[N+](=O)[O-])cn2)cc1OC.[Br-]. The number of halogens is 1. The van der Waals surface area contributed by atoms with E-state index in [2.05, 4.69) is 4.98 Å². The number of Topliss-reactive ketones (excluding diaryl/α,β-unsaturated/α-hetero) is 1. The summed E-state index contributed by atoms with van der Waals surface area (Å²) >= 11 is 0. The van der Waals surface area contributed by atoms with Gasteiger partial charge in [0, 0.05) is 17.7 Å². The Labute approximate surface area is 177 Å². The second kappa shape index (κ2) is 9.74. The Balaban J connectivity index is 0.00000300. The molecular formula is C20H18BrN3O5. The Morgan fingerprint density at radius 2 is 1.83 bits per heavy atom. The molecule has 3 rings (SSSR count). The van der Waals surface area contributed by atoms with Crippen molar-refractivity contribution in [3.05, 3.63) is 76.7 Å². The third-order valence-corrected chi connectivity index (χ3v) is 4.18. The van der Waals surface area contributed by atoms with E-state index < -0.39 is 4.92 Å². The first-order chi connectivity index (χ1) is 13.5. The summed E-state index contributed by atoms with van der Waals surface area (Å²) in [7, 11) is 3.12. The van der Waals surface area contributed by atoms with Crippen LogP contribution >= 0.6 is 0 Å². The molecule has 0 saturated carbocycles. The van der Waals surface area contributed by atoms with Crippen LogP contribution in [0, 0.1) is 10.1 Å². The molecule has 9 heteroatoms. The van der Waals surface area contributed by atoms with Gasteiger partial charge in [0.25, 0.3) is 12.0 Å². The second-order valence-corrected chi connectivity index (χ2v) is 5.89. The van der Waals surface area contributed by atoms with E-state index in [1.54, 1.807) is 43.2 Å². The normalized spacial score (nSPS) is 10.0. The third kappa shape index (κ3) is 4.94. The summed E-state index contributed by atoms with van der Waals surface area (Å²) in [5, 5.41) is 11.1. The van der Waals surface area contributed by atoms with E-state index in [1.165, 1.54) is 24.5 Å². The number of methoxy groups -OCH3 is 2. The Morgan fingerprint density at radius 3 is 2.45 bits per heavy atom. The van der Waals surface area contributed by atoms with Crippen molar-refractivity contribution >= 4 is 11.5 Å². The third-order valence-electron chi connectivity index (χ3n) is 4.18. The van der Waals surface area contributed by atoms with Gasteiger partial charge in [-0.1, -0.05) is 12.1 Å². The first-order valence-corrected chi connectivity index (χ1v) is 8.37. The van der Waals surface area contributed by atoms with E-state index in [0.29, 0.717) is 17.2 Å². The molecule has 0 saturated heterocycles. The summed E-state index contributed by atoms with van der Waals surface area (Å²) in [6.45, 7) is -0.0515. The Bertz CT molecular complexity index is 1020. The molecular weight excluding hydrogens is 442 g/mol. The highest BCUT2D eigenvalue weighted by atomic mass is 79.9. The molecule has 0 N–H and O–H groups in total. The van der Waals surface area contributed by atoms with Crippen molar-refractivity contribution in [2.24, 2.45) is 0 Å². The average molecular weight is 460 g/mol. The minimum absolute atomic E-state index is 0. The fourth-order valence-corrected chi connectivity index (χ4v) is 2.76. The number of carbonyl (C=O) groups is 1. The number of aromatic nitrogens is 2. The molecule has 3 aromatic rings. The molecule has 0 spiro atoms. The molecule has 150 valence electrons. The van der Waals surface area contributed by atoms with Gasteiger partial charge < -0.3 is 26.5 Å². The van der Waals surface area contributed by atoms with E-state index in [1.807, 2.05) is 12.1 Å². The average Bonchev–Trinajstić information content (AvgIpc) is 2.73. The lowest BCUT2D eigenvalue weighted by atomic mass is 10.1. The maximum absolute atomic E-state index is 12.5. The van der Waals surface area contributed by atoms with E-state index in [9.17, 15) is 14.9 Å². The van der Waals surface area contributed by atoms with E-state index >= 15 is 0 Å². The standard InChI is InChI=1S/C20H18N3O5.BrH/c1-27-19-8-7-14(11-20(19)28-2)16-9-10-22(13-21-16)12-18(24)15-5-3-4-6-17(15)23(25)26;/h3-11,13H,12H2,1-2H3;1H/q+1;/p-1. The lowest BCUT2D eigenvalue weighted by molar-refractivity contribution is -0.686. The quantitative estimate of drug-likeness (QED) is 0.211. The lowest BCUT2D eigenvalue weighted by Crippen LogP contribution is -3.00. The molecule has 0 aliphatic rings. The van der Waals surface area contributed by atoms with Gasteiger partial charge in [0.2, 0.25) is 5.78 Å². The molecule has 1 heterocycles. The van der Waals surface area contributed by atoms with Crippen molar-refractivity contribution in [3.8, 4) is 22.8 Å². The largest absolute Gasteiger partial charge is 1.00 e. The van der Waals surface area contributed by atoms with Crippen LogP contribution in [0.15, 0.2) is 61.1 Å². The number of hydrogen-bond acceptors (Lipinski definition) is 6.